The van der Waals surface area contributed by atoms with Gasteiger partial charge in [0.15, 0.2) is 0 Å². The molecule has 2 rings (SSSR count). The number of urea groups is 1. The average Bonchev–Trinajstić information content (AvgIpc) is 2.98. The van der Waals surface area contributed by atoms with E-state index in [1.54, 1.807) is 19.1 Å². The summed E-state index contributed by atoms with van der Waals surface area (Å²) >= 11 is 0. The quantitative estimate of drug-likeness (QED) is 0.464. The van der Waals surface area contributed by atoms with Crippen molar-refractivity contribution >= 4 is 33.7 Å². The summed E-state index contributed by atoms with van der Waals surface area (Å²) in [6, 6.07) is 4.29. The molecule has 1 N–H and O–H groups in total. The van der Waals surface area contributed by atoms with E-state index < -0.39 is 28.1 Å². The fourth-order valence-corrected chi connectivity index (χ4v) is 3.63. The third-order valence-corrected chi connectivity index (χ3v) is 8.95. The van der Waals surface area contributed by atoms with Crippen LogP contribution in [0.15, 0.2) is 18.2 Å². The maximum absolute atomic E-state index is 14.7. The van der Waals surface area contributed by atoms with Gasteiger partial charge in [0.2, 0.25) is 0 Å². The van der Waals surface area contributed by atoms with Crippen molar-refractivity contribution in [3.05, 3.63) is 24.0 Å². The van der Waals surface area contributed by atoms with Gasteiger partial charge in [-0.3, -0.25) is 9.69 Å². The Hall–Kier alpha value is -2.00. The van der Waals surface area contributed by atoms with Crippen LogP contribution in [0.5, 0.6) is 0 Å². The van der Waals surface area contributed by atoms with Crippen molar-refractivity contribution in [2.75, 3.05) is 62.1 Å². The number of carbonyl (C=O) groups excluding carboxylic acids is 2. The third-order valence-electron chi connectivity index (χ3n) is 5.24. The molecule has 7 nitrogen and oxygen atoms in total. The van der Waals surface area contributed by atoms with Crippen molar-refractivity contribution in [1.29, 1.82) is 0 Å². The van der Waals surface area contributed by atoms with E-state index in [-0.39, 0.29) is 23.6 Å². The molecule has 0 radical (unpaired) electrons. The lowest BCUT2D eigenvalue weighted by Gasteiger charge is -2.43. The smallest absolute Gasteiger partial charge is 0.325 e. The molecule has 9 heteroatoms. The van der Waals surface area contributed by atoms with E-state index >= 15 is 0 Å². The molecule has 0 atom stereocenters. The van der Waals surface area contributed by atoms with Gasteiger partial charge in [-0.05, 0) is 37.6 Å². The molecule has 0 bridgehead atoms. The lowest BCUT2D eigenvalue weighted by Crippen LogP contribution is -2.36. The normalized spacial score (nSPS) is 15.5. The zero-order valence-electron chi connectivity index (χ0n) is 18.8. The summed E-state index contributed by atoms with van der Waals surface area (Å²) in [5.41, 5.74) is 0.824. The fraction of sp³-hybridized carbons (Fsp3) is 0.619. The molecule has 0 aliphatic carbocycles. The van der Waals surface area contributed by atoms with E-state index in [1.807, 2.05) is 0 Å². The molecule has 0 spiro atoms. The molecule has 0 aromatic heterocycles. The highest BCUT2D eigenvalue weighted by Crippen LogP contribution is 2.53. The van der Waals surface area contributed by atoms with Gasteiger partial charge in [0.25, 0.3) is 0 Å². The first kappa shape index (κ1) is 24.3. The van der Waals surface area contributed by atoms with Crippen LogP contribution in [0.4, 0.5) is 20.6 Å². The number of esters is 1. The van der Waals surface area contributed by atoms with Crippen molar-refractivity contribution in [1.82, 2.24) is 4.90 Å². The minimum absolute atomic E-state index is 0.0875. The Morgan fingerprint density at radius 1 is 1.27 bits per heavy atom. The standard InChI is InChI=1S/C21H34FN3O4S/c1-7-28-19(26)15-24-11-12-25(20(24)27)18-9-8-16(14-17(18)22)23-10-13-29-30(5,6)21(2,3)4/h8-9,14,23H,7,10-13,15H2,1-6H3. The zero-order chi connectivity index (χ0) is 22.5. The molecule has 1 fully saturated rings. The molecule has 2 amide bonds. The second-order valence-electron chi connectivity index (χ2n) is 8.42. The number of nitrogens with one attached hydrogen (secondary N) is 1. The number of benzene rings is 1. The van der Waals surface area contributed by atoms with Crippen LogP contribution in [0.1, 0.15) is 27.7 Å². The van der Waals surface area contributed by atoms with Crippen LogP contribution >= 0.6 is 10.3 Å². The van der Waals surface area contributed by atoms with Crippen LogP contribution in [0.2, 0.25) is 0 Å². The highest BCUT2D eigenvalue weighted by atomic mass is 32.3. The number of hydrogen-bond donors (Lipinski definition) is 1. The number of carbonyl (C=O) groups is 2. The minimum atomic E-state index is -1.20. The number of ether oxygens (including phenoxy) is 1. The molecule has 1 saturated heterocycles. The topological polar surface area (TPSA) is 71.1 Å². The van der Waals surface area contributed by atoms with E-state index in [2.05, 4.69) is 38.6 Å². The molecule has 1 heterocycles. The molecule has 1 aromatic rings. The second-order valence-corrected chi connectivity index (χ2v) is 12.3. The number of amides is 2. The summed E-state index contributed by atoms with van der Waals surface area (Å²) in [5.74, 6) is -0.959. The Labute approximate surface area is 180 Å². The van der Waals surface area contributed by atoms with Gasteiger partial charge in [-0.25, -0.2) is 9.18 Å². The first-order valence-electron chi connectivity index (χ1n) is 10.1. The van der Waals surface area contributed by atoms with Crippen LogP contribution in [0.3, 0.4) is 0 Å². The Morgan fingerprint density at radius 2 is 1.97 bits per heavy atom. The van der Waals surface area contributed by atoms with E-state index in [0.717, 1.165) is 0 Å². The Kier molecular flexibility index (Phi) is 7.99. The molecule has 0 saturated carbocycles. The largest absolute Gasteiger partial charge is 0.465 e. The number of anilines is 2. The number of halogens is 1. The predicted molar refractivity (Wildman–Crippen MR) is 121 cm³/mol. The average molecular weight is 444 g/mol. The van der Waals surface area contributed by atoms with E-state index in [9.17, 15) is 14.0 Å². The van der Waals surface area contributed by atoms with Crippen molar-refractivity contribution in [2.24, 2.45) is 0 Å². The lowest BCUT2D eigenvalue weighted by atomic mass is 10.2. The monoisotopic (exact) mass is 443 g/mol. The van der Waals surface area contributed by atoms with Gasteiger partial charge in [0.05, 0.1) is 18.9 Å². The molecule has 170 valence electrons. The number of nitrogens with zero attached hydrogens (tertiary/aromatic N) is 2. The lowest BCUT2D eigenvalue weighted by molar-refractivity contribution is -0.143. The molecule has 1 aromatic carbocycles. The zero-order valence-corrected chi connectivity index (χ0v) is 19.6. The number of hydrogen-bond acceptors (Lipinski definition) is 5. The van der Waals surface area contributed by atoms with Crippen LogP contribution in [0.25, 0.3) is 0 Å². The summed E-state index contributed by atoms with van der Waals surface area (Å²) in [6.45, 7) is 10.1. The van der Waals surface area contributed by atoms with Crippen molar-refractivity contribution in [3.63, 3.8) is 0 Å². The van der Waals surface area contributed by atoms with Gasteiger partial charge in [-0.2, -0.15) is 0 Å². The van der Waals surface area contributed by atoms with Crippen LogP contribution in [0, 0.1) is 5.82 Å². The van der Waals surface area contributed by atoms with Crippen LogP contribution < -0.4 is 10.2 Å². The first-order valence-corrected chi connectivity index (χ1v) is 12.5. The predicted octanol–water partition coefficient (Wildman–Crippen LogP) is 3.84. The van der Waals surface area contributed by atoms with Gasteiger partial charge in [-0.1, -0.05) is 20.8 Å². The van der Waals surface area contributed by atoms with E-state index in [4.69, 9.17) is 8.92 Å². The molecule has 1 aliphatic rings. The Morgan fingerprint density at radius 3 is 2.57 bits per heavy atom. The Bertz CT molecular complexity index is 767. The van der Waals surface area contributed by atoms with Gasteiger partial charge in [0, 0.05) is 30.1 Å². The summed E-state index contributed by atoms with van der Waals surface area (Å²) < 4.78 is 25.7. The fourth-order valence-electron chi connectivity index (χ4n) is 2.77. The first-order chi connectivity index (χ1) is 14.0. The summed E-state index contributed by atoms with van der Waals surface area (Å²) in [5, 5.41) is 3.16. The van der Waals surface area contributed by atoms with Crippen molar-refractivity contribution in [3.8, 4) is 0 Å². The summed E-state index contributed by atoms with van der Waals surface area (Å²) in [7, 11) is -1.20. The van der Waals surface area contributed by atoms with Crippen molar-refractivity contribution < 1.29 is 22.9 Å². The van der Waals surface area contributed by atoms with Crippen molar-refractivity contribution in [2.45, 2.75) is 32.4 Å². The summed E-state index contributed by atoms with van der Waals surface area (Å²) in [6.07, 6.45) is 4.28. The van der Waals surface area contributed by atoms with E-state index in [1.165, 1.54) is 15.9 Å². The number of rotatable bonds is 9. The summed E-state index contributed by atoms with van der Waals surface area (Å²) in [4.78, 5) is 26.8. The van der Waals surface area contributed by atoms with Gasteiger partial charge >= 0.3 is 12.0 Å². The van der Waals surface area contributed by atoms with Gasteiger partial charge in [0.1, 0.15) is 12.4 Å². The maximum atomic E-state index is 14.7. The van der Waals surface area contributed by atoms with E-state index in [0.29, 0.717) is 31.9 Å². The third kappa shape index (κ3) is 6.01. The molecular weight excluding hydrogens is 409 g/mol. The second kappa shape index (κ2) is 9.87. The van der Waals surface area contributed by atoms with Crippen LogP contribution in [-0.2, 0) is 13.7 Å². The Balaban J connectivity index is 1.91. The van der Waals surface area contributed by atoms with Gasteiger partial charge in [-0.15, -0.1) is 10.3 Å². The molecule has 30 heavy (non-hydrogen) atoms. The van der Waals surface area contributed by atoms with Crippen LogP contribution in [-0.4, -0.2) is 73.6 Å². The minimum Gasteiger partial charge on any atom is -0.465 e. The highest BCUT2D eigenvalue weighted by Gasteiger charge is 2.32. The maximum Gasteiger partial charge on any atom is 0.325 e. The SMILES string of the molecule is CCOC(=O)CN1CCN(c2ccc(NCCOS(C)(C)C(C)(C)C)cc2F)C1=O. The molecule has 0 unspecified atom stereocenters. The molecular formula is C21H34FN3O4S. The molecule has 1 aliphatic heterocycles. The highest BCUT2D eigenvalue weighted by molar-refractivity contribution is 8.29. The van der Waals surface area contributed by atoms with Gasteiger partial charge < -0.3 is 19.1 Å².